The van der Waals surface area contributed by atoms with Crippen molar-refractivity contribution in [3.63, 3.8) is 0 Å². The van der Waals surface area contributed by atoms with Gasteiger partial charge in [-0.25, -0.2) is 4.98 Å². The number of carbonyl (C=O) groups excluding carboxylic acids is 1. The Morgan fingerprint density at radius 2 is 2.12 bits per heavy atom. The molecule has 0 aliphatic carbocycles. The second kappa shape index (κ2) is 7.05. The number of amidine groups is 1. The van der Waals surface area contributed by atoms with Crippen LogP contribution in [0.4, 0.5) is 0 Å². The Bertz CT molecular complexity index is 1070. The van der Waals surface area contributed by atoms with Gasteiger partial charge in [-0.05, 0) is 12.5 Å². The van der Waals surface area contributed by atoms with Crippen LogP contribution in [0.3, 0.4) is 0 Å². The number of aromatic nitrogens is 2. The predicted octanol–water partition coefficient (Wildman–Crippen LogP) is 2.65. The van der Waals surface area contributed by atoms with Crippen LogP contribution in [0.25, 0.3) is 21.3 Å². The highest BCUT2D eigenvalue weighted by Crippen LogP contribution is 2.30. The van der Waals surface area contributed by atoms with Gasteiger partial charge in [-0.2, -0.15) is 0 Å². The number of nitrogens with one attached hydrogen (secondary N) is 1. The van der Waals surface area contributed by atoms with Crippen molar-refractivity contribution in [3.8, 4) is 11.1 Å². The molecule has 2 aromatic heterocycles. The Morgan fingerprint density at radius 3 is 2.85 bits per heavy atom. The molecule has 4 rings (SSSR count). The second-order valence-corrected chi connectivity index (χ2v) is 7.90. The van der Waals surface area contributed by atoms with Crippen LogP contribution in [0.15, 0.2) is 45.8 Å². The summed E-state index contributed by atoms with van der Waals surface area (Å²) in [5, 5.41) is 5.86. The molecule has 8 heteroatoms. The van der Waals surface area contributed by atoms with Crippen LogP contribution in [0, 0.1) is 6.92 Å². The zero-order chi connectivity index (χ0) is 18.1. The molecule has 3 heterocycles. The molecule has 1 N–H and O–H groups in total. The van der Waals surface area contributed by atoms with Crippen molar-refractivity contribution in [2.24, 2.45) is 4.99 Å². The maximum Gasteiger partial charge on any atom is 0.263 e. The Kier molecular flexibility index (Phi) is 4.60. The fraction of sp³-hybridized carbons (Fsp3) is 0.222. The number of amides is 1. The van der Waals surface area contributed by atoms with Crippen LogP contribution in [0.2, 0.25) is 0 Å². The lowest BCUT2D eigenvalue weighted by atomic mass is 10.1. The van der Waals surface area contributed by atoms with Crippen LogP contribution in [0.5, 0.6) is 0 Å². The van der Waals surface area contributed by atoms with E-state index in [1.165, 1.54) is 34.0 Å². The van der Waals surface area contributed by atoms with Gasteiger partial charge >= 0.3 is 0 Å². The predicted molar refractivity (Wildman–Crippen MR) is 107 cm³/mol. The molecule has 1 aliphatic rings. The minimum atomic E-state index is -0.270. The Morgan fingerprint density at radius 1 is 1.31 bits per heavy atom. The molecular weight excluding hydrogens is 368 g/mol. The van der Waals surface area contributed by atoms with E-state index in [-0.39, 0.29) is 18.0 Å². The molecule has 132 valence electrons. The molecule has 0 unspecified atom stereocenters. The Hall–Kier alpha value is -2.45. The topological polar surface area (TPSA) is 76.3 Å². The van der Waals surface area contributed by atoms with E-state index >= 15 is 0 Å². The average molecular weight is 384 g/mol. The van der Waals surface area contributed by atoms with Crippen molar-refractivity contribution >= 4 is 44.4 Å². The summed E-state index contributed by atoms with van der Waals surface area (Å²) in [5.74, 6) is 0.603. The van der Waals surface area contributed by atoms with Crippen molar-refractivity contribution < 1.29 is 4.79 Å². The molecule has 0 fully saturated rings. The fourth-order valence-corrected chi connectivity index (χ4v) is 4.40. The van der Waals surface area contributed by atoms with E-state index in [2.05, 4.69) is 15.3 Å². The molecule has 6 nitrogen and oxygen atoms in total. The van der Waals surface area contributed by atoms with Gasteiger partial charge in [0.2, 0.25) is 5.91 Å². The highest BCUT2D eigenvalue weighted by molar-refractivity contribution is 8.14. The van der Waals surface area contributed by atoms with Gasteiger partial charge in [0.1, 0.15) is 11.4 Å². The number of nitrogens with zero attached hydrogens (tertiary/aromatic N) is 3. The van der Waals surface area contributed by atoms with Crippen molar-refractivity contribution in [2.45, 2.75) is 13.5 Å². The molecular formula is C18H16N4O2S2. The van der Waals surface area contributed by atoms with Gasteiger partial charge in [-0.3, -0.25) is 19.1 Å². The summed E-state index contributed by atoms with van der Waals surface area (Å²) in [5.41, 5.74) is 2.78. The van der Waals surface area contributed by atoms with Crippen LogP contribution < -0.4 is 10.9 Å². The average Bonchev–Trinajstić information content (AvgIpc) is 3.28. The van der Waals surface area contributed by atoms with Crippen LogP contribution in [-0.2, 0) is 11.3 Å². The number of aryl methyl sites for hydroxylation is 1. The van der Waals surface area contributed by atoms with E-state index in [4.69, 9.17) is 0 Å². The summed E-state index contributed by atoms with van der Waals surface area (Å²) in [6.07, 6.45) is 1.43. The molecule has 1 amide bonds. The zero-order valence-electron chi connectivity index (χ0n) is 14.1. The standard InChI is InChI=1S/C18H16N4O2S2/c1-11-2-4-12(5-3-11)13-9-26-16-15(13)17(24)22(10-20-16)8-14(23)21-18-19-6-7-25-18/h2-5,9-10H,6-8H2,1H3,(H,19,21,23). The molecule has 0 bridgehead atoms. The quantitative estimate of drug-likeness (QED) is 0.753. The van der Waals surface area contributed by atoms with E-state index in [0.717, 1.165) is 22.4 Å². The third-order valence-corrected chi connectivity index (χ3v) is 5.85. The highest BCUT2D eigenvalue weighted by Gasteiger charge is 2.16. The summed E-state index contributed by atoms with van der Waals surface area (Å²) in [6, 6.07) is 8.02. The molecule has 0 radical (unpaired) electrons. The highest BCUT2D eigenvalue weighted by atomic mass is 32.2. The number of fused-ring (bicyclic) bond motifs is 1. The largest absolute Gasteiger partial charge is 0.304 e. The SMILES string of the molecule is Cc1ccc(-c2csc3ncn(CC(=O)NC4=NCCS4)c(=O)c23)cc1. The molecule has 0 atom stereocenters. The van der Waals surface area contributed by atoms with Crippen molar-refractivity contribution in [2.75, 3.05) is 12.3 Å². The molecule has 26 heavy (non-hydrogen) atoms. The minimum Gasteiger partial charge on any atom is -0.304 e. The fourth-order valence-electron chi connectivity index (χ4n) is 2.75. The molecule has 3 aromatic rings. The molecule has 0 spiro atoms. The first-order chi connectivity index (χ1) is 12.6. The van der Waals surface area contributed by atoms with E-state index in [1.54, 1.807) is 0 Å². The summed E-state index contributed by atoms with van der Waals surface area (Å²) >= 11 is 2.94. The minimum absolute atomic E-state index is 0.0788. The van der Waals surface area contributed by atoms with Gasteiger partial charge in [-0.1, -0.05) is 41.6 Å². The van der Waals surface area contributed by atoms with Crippen molar-refractivity contribution in [1.29, 1.82) is 0 Å². The number of aliphatic imine (C=N–C) groups is 1. The summed E-state index contributed by atoms with van der Waals surface area (Å²) in [4.78, 5) is 34.4. The Labute approximate surface area is 158 Å². The van der Waals surface area contributed by atoms with Crippen molar-refractivity contribution in [1.82, 2.24) is 14.9 Å². The summed E-state index contributed by atoms with van der Waals surface area (Å²) in [7, 11) is 0. The number of carbonyl (C=O) groups is 1. The number of hydrogen-bond acceptors (Lipinski definition) is 6. The maximum absolute atomic E-state index is 12.9. The molecule has 1 aliphatic heterocycles. The molecule has 1 aromatic carbocycles. The van der Waals surface area contributed by atoms with Crippen LogP contribution in [-0.4, -0.2) is 32.9 Å². The number of benzene rings is 1. The van der Waals surface area contributed by atoms with Gasteiger partial charge in [0.05, 0.1) is 18.3 Å². The normalized spacial score (nSPS) is 13.8. The van der Waals surface area contributed by atoms with Gasteiger partial charge in [0.25, 0.3) is 5.56 Å². The van der Waals surface area contributed by atoms with E-state index in [0.29, 0.717) is 21.9 Å². The van der Waals surface area contributed by atoms with E-state index < -0.39 is 0 Å². The molecule has 0 saturated carbocycles. The summed E-state index contributed by atoms with van der Waals surface area (Å²) in [6.45, 7) is 2.66. The summed E-state index contributed by atoms with van der Waals surface area (Å²) < 4.78 is 1.35. The van der Waals surface area contributed by atoms with Gasteiger partial charge in [-0.15, -0.1) is 11.3 Å². The Balaban J connectivity index is 1.67. The zero-order valence-corrected chi connectivity index (χ0v) is 15.7. The number of hydrogen-bond donors (Lipinski definition) is 1. The van der Waals surface area contributed by atoms with Gasteiger partial charge in [0, 0.05) is 16.7 Å². The monoisotopic (exact) mass is 384 g/mol. The second-order valence-electron chi connectivity index (χ2n) is 5.96. The van der Waals surface area contributed by atoms with Crippen LogP contribution >= 0.6 is 23.1 Å². The smallest absolute Gasteiger partial charge is 0.263 e. The first-order valence-corrected chi connectivity index (χ1v) is 9.99. The number of thioether (sulfide) groups is 1. The van der Waals surface area contributed by atoms with Gasteiger partial charge in [0.15, 0.2) is 5.17 Å². The van der Waals surface area contributed by atoms with Crippen molar-refractivity contribution in [3.05, 3.63) is 51.9 Å². The first kappa shape index (κ1) is 17.0. The van der Waals surface area contributed by atoms with E-state index in [1.807, 2.05) is 36.6 Å². The maximum atomic E-state index is 12.9. The first-order valence-electron chi connectivity index (χ1n) is 8.12. The van der Waals surface area contributed by atoms with Crippen LogP contribution in [0.1, 0.15) is 5.56 Å². The van der Waals surface area contributed by atoms with Gasteiger partial charge < -0.3 is 5.32 Å². The lowest BCUT2D eigenvalue weighted by molar-refractivity contribution is -0.120. The number of rotatable bonds is 3. The van der Waals surface area contributed by atoms with E-state index in [9.17, 15) is 9.59 Å². The lowest BCUT2D eigenvalue weighted by Crippen LogP contribution is -2.34. The third kappa shape index (κ3) is 3.30. The molecule has 0 saturated heterocycles. The lowest BCUT2D eigenvalue weighted by Gasteiger charge is -2.07. The number of thiophene rings is 1. The third-order valence-electron chi connectivity index (χ3n) is 4.07.